The number of primary amides is 1. The van der Waals surface area contributed by atoms with Gasteiger partial charge in [0.2, 0.25) is 0 Å². The van der Waals surface area contributed by atoms with E-state index < -0.39 is 11.8 Å². The minimum atomic E-state index is -1.04. The summed E-state index contributed by atoms with van der Waals surface area (Å²) < 4.78 is 0. The highest BCUT2D eigenvalue weighted by molar-refractivity contribution is 6.34. The predicted octanol–water partition coefficient (Wildman–Crippen LogP) is -0.770. The van der Waals surface area contributed by atoms with Crippen molar-refractivity contribution < 1.29 is 9.59 Å². The summed E-state index contributed by atoms with van der Waals surface area (Å²) in [5, 5.41) is 3.47. The first-order valence-corrected chi connectivity index (χ1v) is 3.17. The highest BCUT2D eigenvalue weighted by Gasteiger charge is 2.04. The molecule has 0 aliphatic rings. The van der Waals surface area contributed by atoms with Crippen LogP contribution in [0.5, 0.6) is 0 Å². The van der Waals surface area contributed by atoms with Crippen LogP contribution in [0.3, 0.4) is 0 Å². The Morgan fingerprint density at radius 2 is 2.09 bits per heavy atom. The Morgan fingerprint density at radius 3 is 2.45 bits per heavy atom. The van der Waals surface area contributed by atoms with Crippen molar-refractivity contribution in [2.75, 3.05) is 0 Å². The van der Waals surface area contributed by atoms with E-state index in [0.717, 1.165) is 0 Å². The van der Waals surface area contributed by atoms with Crippen LogP contribution in [-0.2, 0) is 9.59 Å². The number of nitrogens with one attached hydrogen (secondary N) is 1. The second-order valence-electron chi connectivity index (χ2n) is 2.33. The Labute approximate surface area is 64.6 Å². The van der Waals surface area contributed by atoms with Crippen LogP contribution < -0.4 is 11.2 Å². The number of hydrazone groups is 1. The lowest BCUT2D eigenvalue weighted by Crippen LogP contribution is -2.33. The summed E-state index contributed by atoms with van der Waals surface area (Å²) in [4.78, 5) is 20.5. The molecule has 0 aromatic carbocycles. The Bertz CT molecular complexity index is 186. The van der Waals surface area contributed by atoms with Crippen LogP contribution >= 0.6 is 0 Å². The van der Waals surface area contributed by atoms with Crippen molar-refractivity contribution in [3.63, 3.8) is 0 Å². The molecule has 62 valence electrons. The van der Waals surface area contributed by atoms with Gasteiger partial charge in [-0.2, -0.15) is 5.10 Å². The molecule has 2 amide bonds. The standard InChI is InChI=1S/C6H11N3O2/c1-4(2)3-8-9-6(11)5(7)10/h3-4H,1-2H3,(H2,7,10)(H,9,11). The van der Waals surface area contributed by atoms with Crippen LogP contribution in [0.25, 0.3) is 0 Å². The second kappa shape index (κ2) is 4.43. The normalized spacial score (nSPS) is 10.5. The Morgan fingerprint density at radius 1 is 1.55 bits per heavy atom. The third-order valence-corrected chi connectivity index (χ3v) is 0.763. The fourth-order valence-electron chi connectivity index (χ4n) is 0.300. The molecule has 0 heterocycles. The number of hydrogen-bond acceptors (Lipinski definition) is 3. The van der Waals surface area contributed by atoms with Crippen LogP contribution in [-0.4, -0.2) is 18.0 Å². The topological polar surface area (TPSA) is 84.6 Å². The molecule has 0 aromatic heterocycles. The van der Waals surface area contributed by atoms with E-state index in [1.807, 2.05) is 19.3 Å². The summed E-state index contributed by atoms with van der Waals surface area (Å²) in [6, 6.07) is 0. The highest BCUT2D eigenvalue weighted by atomic mass is 16.2. The van der Waals surface area contributed by atoms with Crippen LogP contribution in [0.2, 0.25) is 0 Å². The molecular formula is C6H11N3O2. The summed E-state index contributed by atoms with van der Waals surface area (Å²) in [6.45, 7) is 3.78. The maximum absolute atomic E-state index is 10.4. The van der Waals surface area contributed by atoms with Crippen LogP contribution in [0.4, 0.5) is 0 Å². The summed E-state index contributed by atoms with van der Waals surface area (Å²) in [6.07, 6.45) is 1.50. The number of hydrogen-bond donors (Lipinski definition) is 2. The fourth-order valence-corrected chi connectivity index (χ4v) is 0.300. The van der Waals surface area contributed by atoms with Gasteiger partial charge >= 0.3 is 11.8 Å². The number of carbonyl (C=O) groups excluding carboxylic acids is 2. The number of nitrogens with two attached hydrogens (primary N) is 1. The average Bonchev–Trinajstić information content (AvgIpc) is 1.86. The average molecular weight is 157 g/mol. The number of nitrogens with zero attached hydrogens (tertiary/aromatic N) is 1. The van der Waals surface area contributed by atoms with Crippen LogP contribution in [0, 0.1) is 5.92 Å². The predicted molar refractivity (Wildman–Crippen MR) is 40.7 cm³/mol. The highest BCUT2D eigenvalue weighted by Crippen LogP contribution is 1.82. The number of rotatable bonds is 2. The van der Waals surface area contributed by atoms with Gasteiger partial charge in [-0.25, -0.2) is 5.43 Å². The lowest BCUT2D eigenvalue weighted by atomic mass is 10.3. The van der Waals surface area contributed by atoms with E-state index in [9.17, 15) is 9.59 Å². The Hall–Kier alpha value is -1.39. The van der Waals surface area contributed by atoms with E-state index >= 15 is 0 Å². The van der Waals surface area contributed by atoms with Crippen molar-refractivity contribution >= 4 is 18.0 Å². The molecule has 11 heavy (non-hydrogen) atoms. The molecular weight excluding hydrogens is 146 g/mol. The zero-order valence-corrected chi connectivity index (χ0v) is 6.50. The van der Waals surface area contributed by atoms with Crippen molar-refractivity contribution in [1.29, 1.82) is 0 Å². The molecule has 0 aliphatic heterocycles. The van der Waals surface area contributed by atoms with E-state index in [1.165, 1.54) is 6.21 Å². The van der Waals surface area contributed by atoms with Gasteiger partial charge in [-0.15, -0.1) is 0 Å². The van der Waals surface area contributed by atoms with Crippen molar-refractivity contribution in [1.82, 2.24) is 5.43 Å². The third kappa shape index (κ3) is 5.07. The molecule has 0 fully saturated rings. The summed E-state index contributed by atoms with van der Waals surface area (Å²) in [7, 11) is 0. The maximum Gasteiger partial charge on any atom is 0.329 e. The lowest BCUT2D eigenvalue weighted by Gasteiger charge is -1.94. The molecule has 0 aliphatic carbocycles. The molecule has 5 nitrogen and oxygen atoms in total. The first-order valence-electron chi connectivity index (χ1n) is 3.17. The summed E-state index contributed by atoms with van der Waals surface area (Å²) >= 11 is 0. The smallest absolute Gasteiger partial charge is 0.329 e. The van der Waals surface area contributed by atoms with E-state index in [-0.39, 0.29) is 5.92 Å². The molecule has 0 atom stereocenters. The van der Waals surface area contributed by atoms with Crippen molar-refractivity contribution in [3.8, 4) is 0 Å². The molecule has 0 saturated carbocycles. The van der Waals surface area contributed by atoms with E-state index in [4.69, 9.17) is 0 Å². The molecule has 0 rings (SSSR count). The molecule has 0 saturated heterocycles. The van der Waals surface area contributed by atoms with E-state index in [0.29, 0.717) is 0 Å². The van der Waals surface area contributed by atoms with Crippen molar-refractivity contribution in [2.24, 2.45) is 16.8 Å². The van der Waals surface area contributed by atoms with Gasteiger partial charge in [-0.05, 0) is 5.92 Å². The monoisotopic (exact) mass is 157 g/mol. The van der Waals surface area contributed by atoms with Crippen LogP contribution in [0.1, 0.15) is 13.8 Å². The van der Waals surface area contributed by atoms with Gasteiger partial charge in [-0.1, -0.05) is 13.8 Å². The fraction of sp³-hybridized carbons (Fsp3) is 0.500. The largest absolute Gasteiger partial charge is 0.361 e. The Kier molecular flexibility index (Phi) is 3.87. The number of carbonyl (C=O) groups is 2. The van der Waals surface area contributed by atoms with Gasteiger partial charge in [-0.3, -0.25) is 9.59 Å². The summed E-state index contributed by atoms with van der Waals surface area (Å²) in [5.41, 5.74) is 6.60. The van der Waals surface area contributed by atoms with Crippen LogP contribution in [0.15, 0.2) is 5.10 Å². The quantitative estimate of drug-likeness (QED) is 0.313. The van der Waals surface area contributed by atoms with E-state index in [1.54, 1.807) is 0 Å². The van der Waals surface area contributed by atoms with Gasteiger partial charge in [0.25, 0.3) is 0 Å². The molecule has 0 spiro atoms. The first-order chi connectivity index (χ1) is 5.04. The zero-order chi connectivity index (χ0) is 8.85. The summed E-state index contributed by atoms with van der Waals surface area (Å²) in [5.74, 6) is -1.71. The van der Waals surface area contributed by atoms with Crippen molar-refractivity contribution in [2.45, 2.75) is 13.8 Å². The van der Waals surface area contributed by atoms with E-state index in [2.05, 4.69) is 10.8 Å². The maximum atomic E-state index is 10.4. The third-order valence-electron chi connectivity index (χ3n) is 0.763. The number of amides is 2. The van der Waals surface area contributed by atoms with Gasteiger partial charge in [0.1, 0.15) is 0 Å². The molecule has 0 aromatic rings. The van der Waals surface area contributed by atoms with Crippen molar-refractivity contribution in [3.05, 3.63) is 0 Å². The van der Waals surface area contributed by atoms with Gasteiger partial charge in [0.05, 0.1) is 0 Å². The molecule has 5 heteroatoms. The second-order valence-corrected chi connectivity index (χ2v) is 2.33. The molecule has 3 N–H and O–H groups in total. The SMILES string of the molecule is CC(C)C=NNC(=O)C(N)=O. The zero-order valence-electron chi connectivity index (χ0n) is 6.50. The molecule has 0 radical (unpaired) electrons. The molecule has 0 bridgehead atoms. The molecule has 0 unspecified atom stereocenters. The Balaban J connectivity index is 3.71. The van der Waals surface area contributed by atoms with Gasteiger partial charge in [0.15, 0.2) is 0 Å². The first kappa shape index (κ1) is 9.61. The minimum Gasteiger partial charge on any atom is -0.361 e. The lowest BCUT2D eigenvalue weighted by molar-refractivity contribution is -0.137. The van der Waals surface area contributed by atoms with Gasteiger partial charge in [0, 0.05) is 6.21 Å². The van der Waals surface area contributed by atoms with Gasteiger partial charge < -0.3 is 5.73 Å². The minimum absolute atomic E-state index is 0.225.